The van der Waals surface area contributed by atoms with E-state index < -0.39 is 17.3 Å². The van der Waals surface area contributed by atoms with Crippen LogP contribution in [0.4, 0.5) is 10.1 Å². The predicted octanol–water partition coefficient (Wildman–Crippen LogP) is 4.49. The summed E-state index contributed by atoms with van der Waals surface area (Å²) in [6.45, 7) is -0.0406. The van der Waals surface area contributed by atoms with Gasteiger partial charge in [0.05, 0.1) is 6.54 Å². The quantitative estimate of drug-likeness (QED) is 0.542. The Bertz CT molecular complexity index is 1270. The number of aromatic nitrogens is 2. The summed E-state index contributed by atoms with van der Waals surface area (Å²) in [5.74, 6) is -0.996. The molecule has 0 fully saturated rings. The van der Waals surface area contributed by atoms with Gasteiger partial charge in [-0.2, -0.15) is 0 Å². The number of fused-ring (bicyclic) bond motifs is 1. The zero-order valence-corrected chi connectivity index (χ0v) is 15.9. The first kappa shape index (κ1) is 18.8. The Kier molecular flexibility index (Phi) is 5.10. The Balaban J connectivity index is 1.80. The lowest BCUT2D eigenvalue weighted by molar-refractivity contribution is 0.102. The van der Waals surface area contributed by atoms with Crippen molar-refractivity contribution >= 4 is 34.2 Å². The number of hydrogen-bond acceptors (Lipinski definition) is 3. The topological polar surface area (TPSA) is 64.0 Å². The summed E-state index contributed by atoms with van der Waals surface area (Å²) >= 11 is 5.86. The normalized spacial score (nSPS) is 10.8. The van der Waals surface area contributed by atoms with E-state index in [0.29, 0.717) is 27.3 Å². The van der Waals surface area contributed by atoms with Gasteiger partial charge in [0.1, 0.15) is 17.0 Å². The maximum absolute atomic E-state index is 14.2. The molecule has 4 aromatic rings. The third kappa shape index (κ3) is 3.88. The van der Waals surface area contributed by atoms with Gasteiger partial charge in [-0.05, 0) is 48.5 Å². The van der Waals surface area contributed by atoms with Crippen LogP contribution >= 0.6 is 11.6 Å². The monoisotopic (exact) mass is 407 g/mol. The van der Waals surface area contributed by atoms with Gasteiger partial charge in [-0.3, -0.25) is 14.2 Å². The first-order chi connectivity index (χ1) is 14.0. The van der Waals surface area contributed by atoms with Crippen LogP contribution in [0.2, 0.25) is 5.02 Å². The van der Waals surface area contributed by atoms with Crippen molar-refractivity contribution in [3.8, 4) is 0 Å². The maximum Gasteiger partial charge on any atom is 0.265 e. The number of amides is 1. The van der Waals surface area contributed by atoms with Crippen molar-refractivity contribution in [1.82, 2.24) is 9.55 Å². The van der Waals surface area contributed by atoms with E-state index in [4.69, 9.17) is 11.6 Å². The van der Waals surface area contributed by atoms with E-state index in [1.807, 2.05) is 0 Å². The van der Waals surface area contributed by atoms with E-state index in [1.165, 1.54) is 16.7 Å². The average molecular weight is 408 g/mol. The molecule has 29 heavy (non-hydrogen) atoms. The van der Waals surface area contributed by atoms with Crippen LogP contribution in [0.1, 0.15) is 15.9 Å². The van der Waals surface area contributed by atoms with Gasteiger partial charge in [-0.1, -0.05) is 29.8 Å². The van der Waals surface area contributed by atoms with Gasteiger partial charge in [0.15, 0.2) is 0 Å². The van der Waals surface area contributed by atoms with Gasteiger partial charge < -0.3 is 5.32 Å². The summed E-state index contributed by atoms with van der Waals surface area (Å²) in [5, 5.41) is 3.82. The molecule has 1 amide bonds. The van der Waals surface area contributed by atoms with Crippen molar-refractivity contribution < 1.29 is 9.18 Å². The predicted molar refractivity (Wildman–Crippen MR) is 111 cm³/mol. The molecule has 0 saturated heterocycles. The fraction of sp³-hybridized carbons (Fsp3) is 0.0455. The van der Waals surface area contributed by atoms with Gasteiger partial charge in [-0.15, -0.1) is 0 Å². The first-order valence-corrected chi connectivity index (χ1v) is 9.19. The molecule has 0 radical (unpaired) electrons. The minimum atomic E-state index is -0.564. The highest BCUT2D eigenvalue weighted by atomic mass is 35.5. The summed E-state index contributed by atoms with van der Waals surface area (Å²) in [6, 6.07) is 17.7. The van der Waals surface area contributed by atoms with Crippen LogP contribution in [-0.4, -0.2) is 15.5 Å². The second kappa shape index (κ2) is 7.85. The van der Waals surface area contributed by atoms with E-state index in [0.717, 1.165) is 0 Å². The van der Waals surface area contributed by atoms with Crippen LogP contribution < -0.4 is 10.9 Å². The third-order valence-corrected chi connectivity index (χ3v) is 4.73. The summed E-state index contributed by atoms with van der Waals surface area (Å²) in [7, 11) is 0. The third-order valence-electron chi connectivity index (χ3n) is 4.48. The largest absolute Gasteiger partial charge is 0.322 e. The summed E-state index contributed by atoms with van der Waals surface area (Å²) in [4.78, 5) is 30.1. The number of halogens is 2. The van der Waals surface area contributed by atoms with Crippen molar-refractivity contribution in [2.45, 2.75) is 6.54 Å². The SMILES string of the molecule is O=C(Nc1ccc(Cl)cc1)c1cc2cccnc2n(Cc2ccccc2F)c1=O. The highest BCUT2D eigenvalue weighted by Gasteiger charge is 2.17. The number of carbonyl (C=O) groups is 1. The molecule has 2 aromatic heterocycles. The van der Waals surface area contributed by atoms with Gasteiger partial charge in [-0.25, -0.2) is 9.37 Å². The van der Waals surface area contributed by atoms with Gasteiger partial charge >= 0.3 is 0 Å². The molecule has 5 nitrogen and oxygen atoms in total. The highest BCUT2D eigenvalue weighted by molar-refractivity contribution is 6.30. The number of anilines is 1. The molecule has 0 aliphatic carbocycles. The number of nitrogens with zero attached hydrogens (tertiary/aromatic N) is 2. The fourth-order valence-electron chi connectivity index (χ4n) is 3.04. The fourth-order valence-corrected chi connectivity index (χ4v) is 3.17. The second-order valence-electron chi connectivity index (χ2n) is 6.42. The molecule has 0 aliphatic heterocycles. The lowest BCUT2D eigenvalue weighted by Crippen LogP contribution is -2.30. The minimum Gasteiger partial charge on any atom is -0.322 e. The van der Waals surface area contributed by atoms with Crippen LogP contribution in [0.3, 0.4) is 0 Å². The Morgan fingerprint density at radius 2 is 1.83 bits per heavy atom. The number of carbonyl (C=O) groups excluding carboxylic acids is 1. The Labute approximate surface area is 170 Å². The lowest BCUT2D eigenvalue weighted by atomic mass is 10.1. The Morgan fingerprint density at radius 1 is 1.07 bits per heavy atom. The molecule has 7 heteroatoms. The van der Waals surface area contributed by atoms with Crippen LogP contribution in [0.15, 0.2) is 77.7 Å². The van der Waals surface area contributed by atoms with Crippen molar-refractivity contribution in [2.75, 3.05) is 5.32 Å². The zero-order chi connectivity index (χ0) is 20.4. The Hall–Kier alpha value is -3.51. The average Bonchev–Trinajstić information content (AvgIpc) is 2.73. The van der Waals surface area contributed by atoms with E-state index >= 15 is 0 Å². The molecule has 4 rings (SSSR count). The molecular weight excluding hydrogens is 393 g/mol. The number of hydrogen-bond donors (Lipinski definition) is 1. The number of nitrogens with one attached hydrogen (secondary N) is 1. The molecule has 0 saturated carbocycles. The number of benzene rings is 2. The maximum atomic E-state index is 14.2. The number of rotatable bonds is 4. The molecule has 0 bridgehead atoms. The van der Waals surface area contributed by atoms with E-state index in [1.54, 1.807) is 60.8 Å². The van der Waals surface area contributed by atoms with Gasteiger partial charge in [0, 0.05) is 27.9 Å². The minimum absolute atomic E-state index is 0.0406. The van der Waals surface area contributed by atoms with Gasteiger partial charge in [0.25, 0.3) is 11.5 Å². The summed E-state index contributed by atoms with van der Waals surface area (Å²) < 4.78 is 15.5. The van der Waals surface area contributed by atoms with Crippen LogP contribution in [-0.2, 0) is 6.54 Å². The highest BCUT2D eigenvalue weighted by Crippen LogP contribution is 2.17. The molecular formula is C22H15ClFN3O2. The molecule has 144 valence electrons. The zero-order valence-electron chi connectivity index (χ0n) is 15.1. The lowest BCUT2D eigenvalue weighted by Gasteiger charge is -2.13. The van der Waals surface area contributed by atoms with Crippen molar-refractivity contribution in [2.24, 2.45) is 0 Å². The molecule has 0 unspecified atom stereocenters. The molecule has 1 N–H and O–H groups in total. The molecule has 0 spiro atoms. The standard InChI is InChI=1S/C22H15ClFN3O2/c23-16-7-9-17(10-8-16)26-21(28)18-12-14-5-3-11-25-20(14)27(22(18)29)13-15-4-1-2-6-19(15)24/h1-12H,13H2,(H,26,28). The van der Waals surface area contributed by atoms with E-state index in [2.05, 4.69) is 10.3 Å². The first-order valence-electron chi connectivity index (χ1n) is 8.82. The summed E-state index contributed by atoms with van der Waals surface area (Å²) in [6.07, 6.45) is 1.55. The molecule has 0 atom stereocenters. The van der Waals surface area contributed by atoms with Gasteiger partial charge in [0.2, 0.25) is 0 Å². The number of pyridine rings is 2. The van der Waals surface area contributed by atoms with Crippen molar-refractivity contribution in [3.05, 3.63) is 105 Å². The van der Waals surface area contributed by atoms with Crippen LogP contribution in [0.25, 0.3) is 11.0 Å². The molecule has 0 aliphatic rings. The van der Waals surface area contributed by atoms with Crippen LogP contribution in [0.5, 0.6) is 0 Å². The van der Waals surface area contributed by atoms with E-state index in [9.17, 15) is 14.0 Å². The summed E-state index contributed by atoms with van der Waals surface area (Å²) in [5.41, 5.74) is 0.606. The van der Waals surface area contributed by atoms with Crippen molar-refractivity contribution in [1.29, 1.82) is 0 Å². The van der Waals surface area contributed by atoms with E-state index in [-0.39, 0.29) is 12.1 Å². The van der Waals surface area contributed by atoms with Crippen LogP contribution in [0, 0.1) is 5.82 Å². The molecule has 2 aromatic carbocycles. The second-order valence-corrected chi connectivity index (χ2v) is 6.85. The smallest absolute Gasteiger partial charge is 0.265 e. The Morgan fingerprint density at radius 3 is 2.59 bits per heavy atom. The molecule has 2 heterocycles. The van der Waals surface area contributed by atoms with Crippen molar-refractivity contribution in [3.63, 3.8) is 0 Å².